The Bertz CT molecular complexity index is 2700. The largest absolute Gasteiger partial charge is 0.456 e. The van der Waals surface area contributed by atoms with Gasteiger partial charge in [-0.1, -0.05) is 152 Å². The van der Waals surface area contributed by atoms with Crippen LogP contribution in [-0.4, -0.2) is 0 Å². The van der Waals surface area contributed by atoms with E-state index < -0.39 is 0 Å². The zero-order chi connectivity index (χ0) is 34.6. The number of furan rings is 1. The normalized spacial score (nSPS) is 12.9. The van der Waals surface area contributed by atoms with Crippen LogP contribution in [0.1, 0.15) is 23.6 Å². The average molecular weight is 666 g/mol. The Hall–Kier alpha value is -6.64. The summed E-state index contributed by atoms with van der Waals surface area (Å²) in [6, 6.07) is 69.8. The summed E-state index contributed by atoms with van der Waals surface area (Å²) >= 11 is 0. The van der Waals surface area contributed by atoms with E-state index in [-0.39, 0.29) is 5.41 Å². The second-order valence-corrected chi connectivity index (χ2v) is 13.8. The van der Waals surface area contributed by atoms with E-state index in [9.17, 15) is 0 Å². The van der Waals surface area contributed by atoms with E-state index in [1.165, 1.54) is 50.1 Å². The highest BCUT2D eigenvalue weighted by atomic mass is 16.3. The Morgan fingerprint density at radius 2 is 1.00 bits per heavy atom. The minimum absolute atomic E-state index is 0.298. The molecule has 0 fully saturated rings. The van der Waals surface area contributed by atoms with E-state index in [2.05, 4.69) is 206 Å². The first-order chi connectivity index (χ1) is 25.7. The van der Waals surface area contributed by atoms with Gasteiger partial charge in [-0.05, 0) is 99.5 Å². The number of benzene rings is 8. The number of hydrogen-bond donors (Lipinski definition) is 0. The van der Waals surface area contributed by atoms with Gasteiger partial charge in [-0.2, -0.15) is 0 Å². The zero-order valence-corrected chi connectivity index (χ0v) is 28.8. The molecule has 2 nitrogen and oxygen atoms in total. The molecule has 1 aliphatic carbocycles. The molecule has 0 amide bonds. The van der Waals surface area contributed by atoms with Crippen molar-refractivity contribution in [3.05, 3.63) is 211 Å². The molecule has 1 aromatic heterocycles. The maximum Gasteiger partial charge on any atom is 0.137 e. The lowest BCUT2D eigenvalue weighted by molar-refractivity contribution is 0.662. The summed E-state index contributed by atoms with van der Waals surface area (Å²) < 4.78 is 6.78. The summed E-state index contributed by atoms with van der Waals surface area (Å²) in [6.07, 6.45) is 0. The van der Waals surface area contributed by atoms with Crippen LogP contribution in [0.4, 0.5) is 17.1 Å². The number of hydrogen-bond acceptors (Lipinski definition) is 2. The van der Waals surface area contributed by atoms with Gasteiger partial charge in [0.15, 0.2) is 0 Å². The summed E-state index contributed by atoms with van der Waals surface area (Å²) in [6.45, 7) is 2.35. The molecule has 0 atom stereocenters. The second-order valence-electron chi connectivity index (χ2n) is 13.8. The molecule has 52 heavy (non-hydrogen) atoms. The summed E-state index contributed by atoms with van der Waals surface area (Å²) in [5.41, 5.74) is 15.9. The fourth-order valence-electron chi connectivity index (χ4n) is 8.38. The molecular weight excluding hydrogens is 631 g/mol. The van der Waals surface area contributed by atoms with Crippen molar-refractivity contribution in [1.29, 1.82) is 0 Å². The van der Waals surface area contributed by atoms with Crippen molar-refractivity contribution < 1.29 is 4.42 Å². The van der Waals surface area contributed by atoms with Crippen LogP contribution in [0, 0.1) is 0 Å². The van der Waals surface area contributed by atoms with Crippen molar-refractivity contribution in [3.63, 3.8) is 0 Å². The van der Waals surface area contributed by atoms with Gasteiger partial charge in [0.2, 0.25) is 0 Å². The van der Waals surface area contributed by atoms with Crippen LogP contribution >= 0.6 is 0 Å². The minimum Gasteiger partial charge on any atom is -0.456 e. The molecule has 0 spiro atoms. The lowest BCUT2D eigenvalue weighted by atomic mass is 9.74. The molecule has 0 unspecified atom stereocenters. The molecule has 0 N–H and O–H groups in total. The quantitative estimate of drug-likeness (QED) is 0.176. The first-order valence-electron chi connectivity index (χ1n) is 17.9. The molecule has 0 aliphatic heterocycles. The molecule has 2 heteroatoms. The molecule has 0 saturated heterocycles. The number of fused-ring (bicyclic) bond motifs is 6. The summed E-state index contributed by atoms with van der Waals surface area (Å²) in [5, 5.41) is 2.20. The van der Waals surface area contributed by atoms with Crippen molar-refractivity contribution in [2.75, 3.05) is 4.90 Å². The van der Waals surface area contributed by atoms with Crippen LogP contribution in [-0.2, 0) is 5.41 Å². The van der Waals surface area contributed by atoms with Crippen molar-refractivity contribution in [2.24, 2.45) is 0 Å². The summed E-state index contributed by atoms with van der Waals surface area (Å²) in [7, 11) is 0. The van der Waals surface area contributed by atoms with Gasteiger partial charge in [-0.3, -0.25) is 0 Å². The van der Waals surface area contributed by atoms with Crippen LogP contribution in [0.25, 0.3) is 55.3 Å². The Morgan fingerprint density at radius 1 is 0.423 bits per heavy atom. The smallest absolute Gasteiger partial charge is 0.137 e. The topological polar surface area (TPSA) is 16.4 Å². The van der Waals surface area contributed by atoms with E-state index in [4.69, 9.17) is 4.42 Å². The maximum atomic E-state index is 6.78. The molecule has 8 aromatic carbocycles. The zero-order valence-electron chi connectivity index (χ0n) is 28.8. The highest BCUT2D eigenvalue weighted by molar-refractivity contribution is 6.13. The van der Waals surface area contributed by atoms with Crippen LogP contribution in [0.3, 0.4) is 0 Å². The van der Waals surface area contributed by atoms with Gasteiger partial charge in [0.1, 0.15) is 11.2 Å². The fraction of sp³-hybridized carbons (Fsp3) is 0.0400. The third-order valence-corrected chi connectivity index (χ3v) is 11.0. The Morgan fingerprint density at radius 3 is 1.69 bits per heavy atom. The highest BCUT2D eigenvalue weighted by Gasteiger charge is 2.40. The van der Waals surface area contributed by atoms with Gasteiger partial charge in [0.05, 0.1) is 11.1 Å². The Kier molecular flexibility index (Phi) is 6.97. The lowest BCUT2D eigenvalue weighted by Gasteiger charge is -2.28. The SMILES string of the molecule is CC1(c2ccc3c(c2)oc2cccc(N(c4ccc(-c5ccccc5)cc4)c4cccc(-c5ccccc5)c4)c23)c2ccccc2-c2ccccc21. The third kappa shape index (κ3) is 4.72. The Labute approximate surface area is 303 Å². The van der Waals surface area contributed by atoms with Crippen LogP contribution in [0.15, 0.2) is 199 Å². The predicted molar refractivity (Wildman–Crippen MR) is 217 cm³/mol. The molecule has 0 radical (unpaired) electrons. The van der Waals surface area contributed by atoms with Crippen molar-refractivity contribution in [2.45, 2.75) is 12.3 Å². The van der Waals surface area contributed by atoms with E-state index >= 15 is 0 Å². The van der Waals surface area contributed by atoms with E-state index in [1.807, 2.05) is 0 Å². The highest BCUT2D eigenvalue weighted by Crippen LogP contribution is 2.53. The second kappa shape index (κ2) is 12.0. The summed E-state index contributed by atoms with van der Waals surface area (Å²) in [5.74, 6) is 0. The first kappa shape index (κ1) is 30.2. The molecule has 9 aromatic rings. The van der Waals surface area contributed by atoms with Crippen molar-refractivity contribution >= 4 is 39.0 Å². The molecular formula is C50H35NO. The Balaban J connectivity index is 1.15. The molecule has 1 heterocycles. The predicted octanol–water partition coefficient (Wildman–Crippen LogP) is 13.7. The van der Waals surface area contributed by atoms with Gasteiger partial charge in [0.25, 0.3) is 0 Å². The van der Waals surface area contributed by atoms with E-state index in [1.54, 1.807) is 0 Å². The third-order valence-electron chi connectivity index (χ3n) is 11.0. The molecule has 10 rings (SSSR count). The van der Waals surface area contributed by atoms with E-state index in [0.717, 1.165) is 39.0 Å². The molecule has 246 valence electrons. The minimum atomic E-state index is -0.298. The van der Waals surface area contributed by atoms with Gasteiger partial charge in [-0.15, -0.1) is 0 Å². The standard InChI is InChI=1S/C50H35NO/c1-50(44-22-10-8-20-41(44)42-21-9-11-23-45(42)50)38-28-31-43-48(33-38)52-47-25-13-24-46(49(43)47)51(39-29-26-36(27-30-39)34-14-4-2-5-15-34)40-19-12-18-37(32-40)35-16-6-3-7-17-35/h2-33H,1H3. The van der Waals surface area contributed by atoms with Crippen molar-refractivity contribution in [3.8, 4) is 33.4 Å². The van der Waals surface area contributed by atoms with Crippen LogP contribution < -0.4 is 4.90 Å². The number of nitrogens with zero attached hydrogens (tertiary/aromatic N) is 1. The summed E-state index contributed by atoms with van der Waals surface area (Å²) in [4.78, 5) is 2.37. The molecule has 1 aliphatic rings. The monoisotopic (exact) mass is 665 g/mol. The van der Waals surface area contributed by atoms with Crippen LogP contribution in [0.2, 0.25) is 0 Å². The number of rotatable bonds is 6. The van der Waals surface area contributed by atoms with Gasteiger partial charge in [-0.25, -0.2) is 0 Å². The van der Waals surface area contributed by atoms with Gasteiger partial charge >= 0.3 is 0 Å². The average Bonchev–Trinajstić information content (AvgIpc) is 3.72. The molecule has 0 saturated carbocycles. The number of anilines is 3. The van der Waals surface area contributed by atoms with Gasteiger partial charge < -0.3 is 9.32 Å². The van der Waals surface area contributed by atoms with Crippen molar-refractivity contribution in [1.82, 2.24) is 0 Å². The maximum absolute atomic E-state index is 6.78. The molecule has 0 bridgehead atoms. The lowest BCUT2D eigenvalue weighted by Crippen LogP contribution is -2.22. The van der Waals surface area contributed by atoms with E-state index in [0.29, 0.717) is 0 Å². The first-order valence-corrected chi connectivity index (χ1v) is 17.9. The fourth-order valence-corrected chi connectivity index (χ4v) is 8.38. The van der Waals surface area contributed by atoms with Crippen LogP contribution in [0.5, 0.6) is 0 Å². The van der Waals surface area contributed by atoms with Gasteiger partial charge in [0, 0.05) is 22.2 Å².